The lowest BCUT2D eigenvalue weighted by molar-refractivity contribution is 0.0994. The van der Waals surface area contributed by atoms with Crippen LogP contribution in [0, 0.1) is 0 Å². The summed E-state index contributed by atoms with van der Waals surface area (Å²) in [5.41, 5.74) is 11.4. The highest BCUT2D eigenvalue weighted by molar-refractivity contribution is 9.10. The van der Waals surface area contributed by atoms with Crippen molar-refractivity contribution < 1.29 is 9.53 Å². The van der Waals surface area contributed by atoms with E-state index in [0.29, 0.717) is 17.9 Å². The maximum Gasteiger partial charge on any atom is 0.252 e. The maximum absolute atomic E-state index is 11.3. The van der Waals surface area contributed by atoms with Crippen molar-refractivity contribution in [2.75, 3.05) is 6.61 Å². The lowest BCUT2D eigenvalue weighted by Gasteiger charge is -2.27. The fourth-order valence-corrected chi connectivity index (χ4v) is 1.83. The molecule has 0 unspecified atom stereocenters. The highest BCUT2D eigenvalue weighted by atomic mass is 79.9. The van der Waals surface area contributed by atoms with Gasteiger partial charge in [-0.05, 0) is 31.0 Å². The van der Waals surface area contributed by atoms with Crippen molar-refractivity contribution in [2.24, 2.45) is 11.5 Å². The Balaban J connectivity index is 2.90. The molecule has 4 N–H and O–H groups in total. The summed E-state index contributed by atoms with van der Waals surface area (Å²) >= 11 is 3.34. The van der Waals surface area contributed by atoms with Crippen molar-refractivity contribution in [1.29, 1.82) is 0 Å². The van der Waals surface area contributed by atoms with Crippen LogP contribution in [0.3, 0.4) is 0 Å². The second kappa shape index (κ2) is 6.20. The number of halogens is 1. The van der Waals surface area contributed by atoms with E-state index in [4.69, 9.17) is 16.2 Å². The molecule has 1 aromatic carbocycles. The summed E-state index contributed by atoms with van der Waals surface area (Å²) < 4.78 is 6.50. The van der Waals surface area contributed by atoms with Gasteiger partial charge >= 0.3 is 0 Å². The van der Waals surface area contributed by atoms with Gasteiger partial charge in [0.05, 0.1) is 5.56 Å². The summed E-state index contributed by atoms with van der Waals surface area (Å²) in [6.07, 6.45) is 1.62. The molecule has 100 valence electrons. The first-order chi connectivity index (χ1) is 8.41. The van der Waals surface area contributed by atoms with Crippen LogP contribution < -0.4 is 16.2 Å². The highest BCUT2D eigenvalue weighted by Crippen LogP contribution is 2.25. The van der Waals surface area contributed by atoms with E-state index in [1.807, 2.05) is 13.8 Å². The third-order valence-electron chi connectivity index (χ3n) is 3.13. The van der Waals surface area contributed by atoms with E-state index in [2.05, 4.69) is 15.9 Å². The van der Waals surface area contributed by atoms with Crippen LogP contribution in [0.4, 0.5) is 0 Å². The molecule has 4 nitrogen and oxygen atoms in total. The molecule has 0 aliphatic heterocycles. The number of rotatable bonds is 6. The van der Waals surface area contributed by atoms with Gasteiger partial charge in [0, 0.05) is 10.0 Å². The summed E-state index contributed by atoms with van der Waals surface area (Å²) in [5, 5.41) is 0. The number of ether oxygens (including phenoxy) is 1. The van der Waals surface area contributed by atoms with Crippen molar-refractivity contribution in [3.63, 3.8) is 0 Å². The molecule has 1 rings (SSSR count). The van der Waals surface area contributed by atoms with E-state index in [-0.39, 0.29) is 5.54 Å². The molecule has 0 bridgehead atoms. The lowest BCUT2D eigenvalue weighted by Crippen LogP contribution is -2.44. The third kappa shape index (κ3) is 3.71. The molecule has 0 aliphatic rings. The normalized spacial score (nSPS) is 11.3. The van der Waals surface area contributed by atoms with Gasteiger partial charge in [0.1, 0.15) is 12.4 Å². The Labute approximate surface area is 116 Å². The molecule has 0 heterocycles. The fourth-order valence-electron chi connectivity index (χ4n) is 1.49. The Morgan fingerprint density at radius 2 is 2.00 bits per heavy atom. The molecule has 1 aromatic rings. The van der Waals surface area contributed by atoms with Gasteiger partial charge in [-0.25, -0.2) is 0 Å². The van der Waals surface area contributed by atoms with Gasteiger partial charge in [-0.3, -0.25) is 4.79 Å². The van der Waals surface area contributed by atoms with E-state index in [1.165, 1.54) is 0 Å². The van der Waals surface area contributed by atoms with Crippen LogP contribution in [0.15, 0.2) is 22.7 Å². The quantitative estimate of drug-likeness (QED) is 0.846. The molecule has 0 fully saturated rings. The van der Waals surface area contributed by atoms with Gasteiger partial charge in [0.25, 0.3) is 5.91 Å². The first kappa shape index (κ1) is 15.0. The van der Waals surface area contributed by atoms with E-state index >= 15 is 0 Å². The summed E-state index contributed by atoms with van der Waals surface area (Å²) in [7, 11) is 0. The molecule has 18 heavy (non-hydrogen) atoms. The number of primary amides is 1. The molecule has 0 radical (unpaired) electrons. The van der Waals surface area contributed by atoms with Crippen LogP contribution in [0.2, 0.25) is 0 Å². The van der Waals surface area contributed by atoms with Crippen LogP contribution >= 0.6 is 15.9 Å². The number of nitrogens with two attached hydrogens (primary N) is 2. The van der Waals surface area contributed by atoms with Crippen LogP contribution in [-0.2, 0) is 0 Å². The Morgan fingerprint density at radius 1 is 1.39 bits per heavy atom. The minimum absolute atomic E-state index is 0.358. The predicted octanol–water partition coefficient (Wildman–Crippen LogP) is 2.44. The first-order valence-corrected chi connectivity index (χ1v) is 6.72. The zero-order chi connectivity index (χ0) is 13.8. The lowest BCUT2D eigenvalue weighted by atomic mass is 9.95. The molecule has 0 aliphatic carbocycles. The van der Waals surface area contributed by atoms with Crippen LogP contribution in [-0.4, -0.2) is 18.1 Å². The van der Waals surface area contributed by atoms with Crippen LogP contribution in [0.5, 0.6) is 5.75 Å². The summed E-state index contributed by atoms with van der Waals surface area (Å²) in [6, 6.07) is 5.12. The van der Waals surface area contributed by atoms with Gasteiger partial charge in [0.15, 0.2) is 0 Å². The number of amides is 1. The fraction of sp³-hybridized carbons (Fsp3) is 0.462. The average Bonchev–Trinajstić information content (AvgIpc) is 2.35. The Kier molecular flexibility index (Phi) is 5.16. The van der Waals surface area contributed by atoms with Gasteiger partial charge in [-0.1, -0.05) is 29.8 Å². The highest BCUT2D eigenvalue weighted by Gasteiger charge is 2.22. The van der Waals surface area contributed by atoms with Crippen molar-refractivity contribution in [3.05, 3.63) is 28.2 Å². The van der Waals surface area contributed by atoms with E-state index in [9.17, 15) is 4.79 Å². The van der Waals surface area contributed by atoms with E-state index in [0.717, 1.165) is 17.3 Å². The molecule has 5 heteroatoms. The summed E-state index contributed by atoms with van der Waals surface area (Å²) in [4.78, 5) is 11.3. The van der Waals surface area contributed by atoms with Crippen LogP contribution in [0.25, 0.3) is 0 Å². The minimum Gasteiger partial charge on any atom is -0.491 e. The molecule has 0 saturated heterocycles. The molecule has 0 spiro atoms. The topological polar surface area (TPSA) is 78.3 Å². The second-order valence-corrected chi connectivity index (χ2v) is 5.28. The minimum atomic E-state index is -0.506. The van der Waals surface area contributed by atoms with E-state index < -0.39 is 5.91 Å². The zero-order valence-electron chi connectivity index (χ0n) is 10.7. The van der Waals surface area contributed by atoms with Crippen molar-refractivity contribution in [1.82, 2.24) is 0 Å². The first-order valence-electron chi connectivity index (χ1n) is 5.93. The molecule has 0 atom stereocenters. The number of hydrogen-bond donors (Lipinski definition) is 2. The summed E-state index contributed by atoms with van der Waals surface area (Å²) in [5.74, 6) is -0.0401. The van der Waals surface area contributed by atoms with Crippen molar-refractivity contribution >= 4 is 21.8 Å². The number of carbonyl (C=O) groups excluding carboxylic acids is 1. The number of benzene rings is 1. The Hall–Kier alpha value is -1.07. The van der Waals surface area contributed by atoms with Crippen LogP contribution in [0.1, 0.15) is 37.0 Å². The van der Waals surface area contributed by atoms with Gasteiger partial charge in [-0.2, -0.15) is 0 Å². The monoisotopic (exact) mass is 314 g/mol. The van der Waals surface area contributed by atoms with Gasteiger partial charge in [-0.15, -0.1) is 0 Å². The summed E-state index contributed by atoms with van der Waals surface area (Å²) in [6.45, 7) is 4.39. The molecule has 1 amide bonds. The zero-order valence-corrected chi connectivity index (χ0v) is 12.3. The molecule has 0 saturated carbocycles. The molecular formula is C13H19BrN2O2. The number of carbonyl (C=O) groups is 1. The standard InChI is InChI=1S/C13H19BrN2O2/c1-3-13(16,4-2)8-18-11-7-9(14)5-6-10(11)12(15)17/h5-7H,3-4,8,16H2,1-2H3,(H2,15,17). The molecule has 0 aromatic heterocycles. The molecular weight excluding hydrogens is 296 g/mol. The predicted molar refractivity (Wildman–Crippen MR) is 75.7 cm³/mol. The largest absolute Gasteiger partial charge is 0.491 e. The Bertz CT molecular complexity index is 431. The van der Waals surface area contributed by atoms with E-state index in [1.54, 1.807) is 18.2 Å². The van der Waals surface area contributed by atoms with Crippen molar-refractivity contribution in [2.45, 2.75) is 32.2 Å². The van der Waals surface area contributed by atoms with Gasteiger partial charge in [0.2, 0.25) is 0 Å². The average molecular weight is 315 g/mol. The Morgan fingerprint density at radius 3 is 2.50 bits per heavy atom. The maximum atomic E-state index is 11.3. The van der Waals surface area contributed by atoms with Gasteiger partial charge < -0.3 is 16.2 Å². The third-order valence-corrected chi connectivity index (χ3v) is 3.63. The second-order valence-electron chi connectivity index (χ2n) is 4.36. The van der Waals surface area contributed by atoms with Crippen molar-refractivity contribution in [3.8, 4) is 5.75 Å². The SMILES string of the molecule is CCC(N)(CC)COc1cc(Br)ccc1C(N)=O. The smallest absolute Gasteiger partial charge is 0.252 e. The number of hydrogen-bond acceptors (Lipinski definition) is 3.